The van der Waals surface area contributed by atoms with Gasteiger partial charge in [0.2, 0.25) is 5.91 Å². The largest absolute Gasteiger partial charge is 0.436 e. The average molecular weight is 514 g/mol. The van der Waals surface area contributed by atoms with Crippen molar-refractivity contribution in [1.29, 1.82) is 0 Å². The van der Waals surface area contributed by atoms with Gasteiger partial charge in [-0.15, -0.1) is 0 Å². The molecule has 4 rings (SSSR count). The van der Waals surface area contributed by atoms with Crippen molar-refractivity contribution in [1.82, 2.24) is 19.6 Å². The Morgan fingerprint density at radius 3 is 2.74 bits per heavy atom. The predicted octanol–water partition coefficient (Wildman–Crippen LogP) is 4.16. The molecular formula is C22H20ClF4N5O3. The van der Waals surface area contributed by atoms with Crippen molar-refractivity contribution in [2.75, 3.05) is 25.1 Å². The summed E-state index contributed by atoms with van der Waals surface area (Å²) in [5.74, 6) is -1.23. The van der Waals surface area contributed by atoms with E-state index in [0.29, 0.717) is 23.6 Å². The first kappa shape index (κ1) is 24.9. The molecule has 35 heavy (non-hydrogen) atoms. The fourth-order valence-corrected chi connectivity index (χ4v) is 4.02. The lowest BCUT2D eigenvalue weighted by molar-refractivity contribution is -0.141. The van der Waals surface area contributed by atoms with Crippen LogP contribution in [0.5, 0.6) is 0 Å². The first-order valence-electron chi connectivity index (χ1n) is 10.5. The van der Waals surface area contributed by atoms with Crippen LogP contribution in [0, 0.1) is 12.7 Å². The molecule has 8 nitrogen and oxygen atoms in total. The molecule has 0 saturated heterocycles. The van der Waals surface area contributed by atoms with Gasteiger partial charge in [0.05, 0.1) is 47.2 Å². The van der Waals surface area contributed by atoms with Crippen LogP contribution in [0.15, 0.2) is 36.5 Å². The van der Waals surface area contributed by atoms with Gasteiger partial charge >= 0.3 is 6.18 Å². The van der Waals surface area contributed by atoms with Crippen molar-refractivity contribution < 1.29 is 32.2 Å². The van der Waals surface area contributed by atoms with Crippen LogP contribution in [0.4, 0.5) is 23.2 Å². The number of aromatic nitrogens is 4. The van der Waals surface area contributed by atoms with Gasteiger partial charge in [-0.1, -0.05) is 23.7 Å². The lowest BCUT2D eigenvalue weighted by Gasteiger charge is -2.18. The fourth-order valence-electron chi connectivity index (χ4n) is 3.79. The maximum absolute atomic E-state index is 13.8. The van der Waals surface area contributed by atoms with Gasteiger partial charge in [0.15, 0.2) is 5.69 Å². The number of aliphatic hydroxyl groups is 1. The van der Waals surface area contributed by atoms with Gasteiger partial charge < -0.3 is 15.2 Å². The quantitative estimate of drug-likeness (QED) is 0.463. The second-order valence-corrected chi connectivity index (χ2v) is 8.13. The number of ether oxygens (including phenoxy) is 1. The molecule has 1 aliphatic rings. The number of carbonyl (C=O) groups excluding carboxylic acids is 1. The lowest BCUT2D eigenvalue weighted by Crippen LogP contribution is -2.29. The van der Waals surface area contributed by atoms with E-state index in [0.717, 1.165) is 4.68 Å². The summed E-state index contributed by atoms with van der Waals surface area (Å²) >= 11 is 5.84. The number of alkyl halides is 3. The Labute approximate surface area is 201 Å². The number of halogens is 5. The molecular weight excluding hydrogens is 494 g/mol. The van der Waals surface area contributed by atoms with Crippen LogP contribution >= 0.6 is 11.6 Å². The molecule has 0 saturated carbocycles. The van der Waals surface area contributed by atoms with Gasteiger partial charge in [0, 0.05) is 18.6 Å². The average Bonchev–Trinajstić information content (AvgIpc) is 3.52. The molecule has 3 aromatic rings. The maximum atomic E-state index is 13.8. The number of amides is 1. The summed E-state index contributed by atoms with van der Waals surface area (Å²) in [7, 11) is 0. The molecule has 3 heterocycles. The second-order valence-electron chi connectivity index (χ2n) is 7.75. The minimum Gasteiger partial charge on any atom is -0.396 e. The highest BCUT2D eigenvalue weighted by molar-refractivity contribution is 6.32. The van der Waals surface area contributed by atoms with Gasteiger partial charge in [0.25, 0.3) is 0 Å². The Balaban J connectivity index is 1.72. The third-order valence-electron chi connectivity index (χ3n) is 5.44. The Kier molecular flexibility index (Phi) is 6.97. The summed E-state index contributed by atoms with van der Waals surface area (Å²) in [6.07, 6.45) is -1.92. The van der Waals surface area contributed by atoms with Crippen LogP contribution in [0.3, 0.4) is 0 Å². The van der Waals surface area contributed by atoms with Crippen molar-refractivity contribution in [3.05, 3.63) is 64.5 Å². The highest BCUT2D eigenvalue weighted by Gasteiger charge is 2.40. The van der Waals surface area contributed by atoms with E-state index in [-0.39, 0.29) is 24.4 Å². The molecule has 186 valence electrons. The smallest absolute Gasteiger partial charge is 0.396 e. The number of benzene rings is 1. The number of rotatable bonds is 7. The first-order valence-corrected chi connectivity index (χ1v) is 10.8. The van der Waals surface area contributed by atoms with E-state index in [4.69, 9.17) is 16.3 Å². The van der Waals surface area contributed by atoms with E-state index in [1.807, 2.05) is 0 Å². The normalized spacial score (nSPS) is 14.8. The molecule has 1 atom stereocenters. The molecule has 1 aromatic carbocycles. The monoisotopic (exact) mass is 513 g/mol. The van der Waals surface area contributed by atoms with E-state index in [9.17, 15) is 27.5 Å². The van der Waals surface area contributed by atoms with Crippen molar-refractivity contribution in [3.8, 4) is 5.69 Å². The molecule has 0 aliphatic carbocycles. The van der Waals surface area contributed by atoms with Gasteiger partial charge in [-0.2, -0.15) is 23.4 Å². The SMILES string of the molecule is Cc1c(Cl)c(C(F)(F)F)nn1C(CCO)C(=O)Nc1cnn(-c2cccc(F)c2)c1C1=CCOC1. The number of nitrogens with zero attached hydrogens (tertiary/aromatic N) is 4. The zero-order chi connectivity index (χ0) is 25.3. The number of carbonyl (C=O) groups is 1. The van der Waals surface area contributed by atoms with Crippen molar-refractivity contribution in [2.24, 2.45) is 0 Å². The Hall–Kier alpha value is -3.22. The van der Waals surface area contributed by atoms with Crippen molar-refractivity contribution >= 4 is 28.8 Å². The maximum Gasteiger partial charge on any atom is 0.436 e. The minimum absolute atomic E-state index is 0.0739. The summed E-state index contributed by atoms with van der Waals surface area (Å²) in [6, 6.07) is 4.38. The zero-order valence-electron chi connectivity index (χ0n) is 18.3. The van der Waals surface area contributed by atoms with Crippen LogP contribution in [0.25, 0.3) is 11.3 Å². The summed E-state index contributed by atoms with van der Waals surface area (Å²) < 4.78 is 61.4. The molecule has 0 bridgehead atoms. The molecule has 0 fully saturated rings. The van der Waals surface area contributed by atoms with E-state index < -0.39 is 41.3 Å². The number of hydrogen-bond acceptors (Lipinski definition) is 5. The Morgan fingerprint density at radius 1 is 1.37 bits per heavy atom. The minimum atomic E-state index is -4.82. The fraction of sp³-hybridized carbons (Fsp3) is 0.318. The van der Waals surface area contributed by atoms with Crippen LogP contribution < -0.4 is 5.32 Å². The number of hydrogen-bond donors (Lipinski definition) is 2. The first-order chi connectivity index (χ1) is 16.6. The highest BCUT2D eigenvalue weighted by atomic mass is 35.5. The summed E-state index contributed by atoms with van der Waals surface area (Å²) in [6.45, 7) is 1.35. The summed E-state index contributed by atoms with van der Waals surface area (Å²) in [5, 5.41) is 19.3. The highest BCUT2D eigenvalue weighted by Crippen LogP contribution is 2.37. The molecule has 1 amide bonds. The van der Waals surface area contributed by atoms with Crippen LogP contribution in [0.2, 0.25) is 5.02 Å². The molecule has 13 heteroatoms. The second kappa shape index (κ2) is 9.80. The van der Waals surface area contributed by atoms with Gasteiger partial charge in [-0.25, -0.2) is 9.07 Å². The van der Waals surface area contributed by atoms with E-state index >= 15 is 0 Å². The predicted molar refractivity (Wildman–Crippen MR) is 119 cm³/mol. The lowest BCUT2D eigenvalue weighted by atomic mass is 10.1. The summed E-state index contributed by atoms with van der Waals surface area (Å²) in [5.41, 5.74) is 0.333. The molecule has 1 aliphatic heterocycles. The molecule has 2 N–H and O–H groups in total. The number of nitrogens with one attached hydrogen (secondary N) is 1. The third-order valence-corrected chi connectivity index (χ3v) is 5.89. The molecule has 0 spiro atoms. The molecule has 0 radical (unpaired) electrons. The van der Waals surface area contributed by atoms with E-state index in [2.05, 4.69) is 15.5 Å². The van der Waals surface area contributed by atoms with Crippen molar-refractivity contribution in [3.63, 3.8) is 0 Å². The third kappa shape index (κ3) is 4.95. The van der Waals surface area contributed by atoms with Gasteiger partial charge in [-0.3, -0.25) is 9.48 Å². The van der Waals surface area contributed by atoms with E-state index in [1.165, 1.54) is 36.0 Å². The summed E-state index contributed by atoms with van der Waals surface area (Å²) in [4.78, 5) is 13.2. The van der Waals surface area contributed by atoms with Crippen molar-refractivity contribution in [2.45, 2.75) is 25.6 Å². The number of anilines is 1. The van der Waals surface area contributed by atoms with Gasteiger partial charge in [0.1, 0.15) is 11.9 Å². The van der Waals surface area contributed by atoms with Gasteiger partial charge in [-0.05, 0) is 25.1 Å². The van der Waals surface area contributed by atoms with Crippen LogP contribution in [-0.4, -0.2) is 50.4 Å². The zero-order valence-corrected chi connectivity index (χ0v) is 19.1. The van der Waals surface area contributed by atoms with Crippen LogP contribution in [0.1, 0.15) is 29.5 Å². The van der Waals surface area contributed by atoms with E-state index in [1.54, 1.807) is 12.1 Å². The molecule has 2 aromatic heterocycles. The van der Waals surface area contributed by atoms with Crippen LogP contribution in [-0.2, 0) is 15.7 Å². The standard InChI is InChI=1S/C22H20ClF4N5O3/c1-12-18(23)20(22(25,26)27)30-31(12)17(5-7-33)21(34)29-16-10-28-32(15-4-2-3-14(24)9-15)19(16)13-6-8-35-11-13/h2-4,6,9-10,17,33H,5,7-8,11H2,1H3,(H,29,34). The molecule has 1 unspecified atom stereocenters. The Bertz CT molecular complexity index is 1280. The number of aliphatic hydroxyl groups excluding tert-OH is 1. The Morgan fingerprint density at radius 2 is 2.14 bits per heavy atom. The topological polar surface area (TPSA) is 94.2 Å².